The number of carbonyl (C=O) groups excluding carboxylic acids is 3. The van der Waals surface area contributed by atoms with Gasteiger partial charge in [-0.3, -0.25) is 28.0 Å². The van der Waals surface area contributed by atoms with Gasteiger partial charge in [0.05, 0.1) is 18.9 Å². The number of phosphoric acid groups is 1. The number of rotatable bonds is 14. The Morgan fingerprint density at radius 3 is 2.50 bits per heavy atom. The van der Waals surface area contributed by atoms with E-state index in [-0.39, 0.29) is 17.0 Å². The minimum absolute atomic E-state index is 0.0499. The van der Waals surface area contributed by atoms with Crippen LogP contribution in [0.1, 0.15) is 27.0 Å². The Morgan fingerprint density at radius 1 is 1.19 bits per heavy atom. The van der Waals surface area contributed by atoms with Crippen molar-refractivity contribution >= 4 is 61.8 Å². The fraction of sp³-hybridized carbons (Fsp3) is 0.615. The summed E-state index contributed by atoms with van der Waals surface area (Å²) in [5.74, 6) is -8.95. The Kier molecular flexibility index (Phi) is 11.3. The topological polar surface area (TPSA) is 316 Å². The molecule has 2 aliphatic heterocycles. The molecule has 288 valence electrons. The van der Waals surface area contributed by atoms with E-state index in [2.05, 4.69) is 42.8 Å². The molecule has 52 heavy (non-hydrogen) atoms. The van der Waals surface area contributed by atoms with Crippen molar-refractivity contribution in [2.75, 3.05) is 18.9 Å². The summed E-state index contributed by atoms with van der Waals surface area (Å²) in [5, 5.41) is 22.1. The number of hydrogen-bond acceptors (Lipinski definition) is 20. The molecule has 2 aromatic rings. The molecule has 26 heteroatoms. The minimum atomic E-state index is -5.58. The van der Waals surface area contributed by atoms with E-state index in [9.17, 15) is 38.6 Å². The molecule has 2 saturated heterocycles. The Hall–Kier alpha value is -3.12. The first-order valence-electron chi connectivity index (χ1n) is 15.0. The van der Waals surface area contributed by atoms with Crippen LogP contribution in [0.4, 0.5) is 10.2 Å². The highest BCUT2D eigenvalue weighted by atomic mass is 32.7. The number of thiol groups is 1. The summed E-state index contributed by atoms with van der Waals surface area (Å²) >= 11 is 3.70. The third-order valence-electron chi connectivity index (χ3n) is 8.46. The molecule has 1 aliphatic carbocycles. The van der Waals surface area contributed by atoms with Crippen LogP contribution in [0.15, 0.2) is 25.3 Å². The number of ether oxygens (including phenoxy) is 5. The van der Waals surface area contributed by atoms with Gasteiger partial charge in [-0.05, 0) is 0 Å². The summed E-state index contributed by atoms with van der Waals surface area (Å²) in [7, 11) is -5.58. The number of fused-ring (bicyclic) bond motifs is 2. The largest absolute Gasteiger partial charge is 0.482 e. The van der Waals surface area contributed by atoms with Crippen molar-refractivity contribution in [3.05, 3.63) is 25.3 Å². The predicted octanol–water partition coefficient (Wildman–Crippen LogP) is -0.206. The van der Waals surface area contributed by atoms with E-state index in [1.165, 1.54) is 17.0 Å². The quantitative estimate of drug-likeness (QED) is 0.0473. The van der Waals surface area contributed by atoms with Crippen LogP contribution in [0.2, 0.25) is 0 Å². The lowest BCUT2D eigenvalue weighted by molar-refractivity contribution is -0.425. The number of aliphatic hydroxyl groups excluding tert-OH is 2. The number of alkyl halides is 1. The van der Waals surface area contributed by atoms with Crippen molar-refractivity contribution in [3.63, 3.8) is 0 Å². The van der Waals surface area contributed by atoms with Gasteiger partial charge in [0.2, 0.25) is 5.79 Å². The number of esters is 3. The highest BCUT2D eigenvalue weighted by Crippen LogP contribution is 2.68. The number of nitrogens with two attached hydrogens (primary N) is 2. The molecule has 2 aromatic heterocycles. The number of phosphoric ester groups is 1. The number of aromatic nitrogens is 4. The molecule has 1 saturated carbocycles. The van der Waals surface area contributed by atoms with Crippen LogP contribution in [0.5, 0.6) is 0 Å². The summed E-state index contributed by atoms with van der Waals surface area (Å²) in [6.45, 7) is -0.193. The van der Waals surface area contributed by atoms with Crippen molar-refractivity contribution in [1.82, 2.24) is 19.5 Å². The Bertz CT molecular complexity index is 1840. The Labute approximate surface area is 298 Å². The summed E-state index contributed by atoms with van der Waals surface area (Å²) < 4.78 is 84.1. The Balaban J connectivity index is 1.29. The molecule has 3 aliphatic rings. The van der Waals surface area contributed by atoms with Crippen molar-refractivity contribution < 1.29 is 80.1 Å². The van der Waals surface area contributed by atoms with Gasteiger partial charge in [-0.25, -0.2) is 28.5 Å². The average molecular weight is 801 g/mol. The first-order valence-corrected chi connectivity index (χ1v) is 19.2. The van der Waals surface area contributed by atoms with Crippen molar-refractivity contribution in [1.29, 1.82) is 0 Å². The van der Waals surface area contributed by atoms with Crippen LogP contribution in [0.3, 0.4) is 0 Å². The molecule has 4 heterocycles. The summed E-state index contributed by atoms with van der Waals surface area (Å²) in [6.07, 6.45) is -8.70. The number of imidazole rings is 1. The highest BCUT2D eigenvalue weighted by Gasteiger charge is 2.78. The molecular weight excluding hydrogens is 765 g/mol. The third kappa shape index (κ3) is 7.48. The average Bonchev–Trinajstić information content (AvgIpc) is 3.61. The molecule has 0 radical (unpaired) electrons. The maximum Gasteiger partial charge on any atom is 0.482 e. The molecule has 8 unspecified atom stereocenters. The zero-order chi connectivity index (χ0) is 38.6. The lowest BCUT2D eigenvalue weighted by atomic mass is 9.86. The number of aliphatic hydroxyl groups is 2. The SMILES string of the molecule is C=C[C@@]1(N)[C@H](O)[C@@H](COP(=O)(S)OP(=O)(O)OC2OC3(OC(C)=O)C2C(O)C(OC(C)=O)C3[C@@H](F)COC(C)=O)O[C@H]1n1cnc2c(N)ncnc21. The second kappa shape index (κ2) is 14.6. The lowest BCUT2D eigenvalue weighted by Crippen LogP contribution is -2.66. The normalized spacial score (nSPS) is 35.4. The first-order chi connectivity index (χ1) is 24.2. The third-order valence-corrected chi connectivity index (χ3v) is 12.1. The highest BCUT2D eigenvalue weighted by molar-refractivity contribution is 8.45. The van der Waals surface area contributed by atoms with E-state index in [1.54, 1.807) is 0 Å². The van der Waals surface area contributed by atoms with Gasteiger partial charge in [0.25, 0.3) is 0 Å². The molecule has 7 N–H and O–H groups in total. The fourth-order valence-electron chi connectivity index (χ4n) is 6.36. The van der Waals surface area contributed by atoms with Crippen molar-refractivity contribution in [3.8, 4) is 0 Å². The molecule has 0 spiro atoms. The first kappa shape index (κ1) is 40.1. The smallest absolute Gasteiger partial charge is 0.463 e. The van der Waals surface area contributed by atoms with Gasteiger partial charge in [0.15, 0.2) is 24.0 Å². The molecule has 22 nitrogen and oxygen atoms in total. The molecule has 0 bridgehead atoms. The second-order valence-electron chi connectivity index (χ2n) is 11.9. The molecule has 5 rings (SSSR count). The number of halogens is 1. The number of nitrogen functional groups attached to an aromatic ring is 1. The molecule has 13 atom stereocenters. The van der Waals surface area contributed by atoms with E-state index >= 15 is 4.39 Å². The van der Waals surface area contributed by atoms with Crippen LogP contribution < -0.4 is 11.5 Å². The minimum Gasteiger partial charge on any atom is -0.463 e. The number of nitrogens with zero attached hydrogens (tertiary/aromatic N) is 4. The maximum atomic E-state index is 15.5. The van der Waals surface area contributed by atoms with Gasteiger partial charge >= 0.3 is 32.5 Å². The van der Waals surface area contributed by atoms with E-state index in [0.717, 1.165) is 27.1 Å². The van der Waals surface area contributed by atoms with Crippen molar-refractivity contribution in [2.24, 2.45) is 17.6 Å². The van der Waals surface area contributed by atoms with Crippen LogP contribution in [-0.2, 0) is 60.6 Å². The standard InChI is InChI=1S/C26H35FN6O16P2S/c1-5-25(29)20(38)14(45-24(25)33-9-32-17-21(28)30-8-31-22(17)33)7-43-51(41,52)49-50(39,40)48-23-16-18(37)19(44-11(3)35)15(13(27)6-42-10(2)34)26(16,47-23)46-12(4)36/h5,8-9,13-16,18-20,23-24,37-38H,1,6-7,29H2,2-4H3,(H,39,40)(H,41,52)(H2,28,30,31)/t13-,14+,15?,16?,18?,19?,20+,23?,24+,25+,26?,51?/m0/s1. The number of anilines is 1. The van der Waals surface area contributed by atoms with Gasteiger partial charge in [0, 0.05) is 20.8 Å². The van der Waals surface area contributed by atoms with Gasteiger partial charge < -0.3 is 50.3 Å². The summed E-state index contributed by atoms with van der Waals surface area (Å²) in [4.78, 5) is 57.8. The fourth-order valence-corrected chi connectivity index (χ4v) is 9.55. The summed E-state index contributed by atoms with van der Waals surface area (Å²) in [5.41, 5.74) is 10.9. The molecular formula is C26H35FN6O16P2S. The number of carbonyl (C=O) groups is 3. The zero-order valence-electron chi connectivity index (χ0n) is 27.4. The van der Waals surface area contributed by atoms with E-state index < -0.39 is 112 Å². The van der Waals surface area contributed by atoms with Gasteiger partial charge in [-0.2, -0.15) is 4.31 Å². The monoisotopic (exact) mass is 800 g/mol. The van der Waals surface area contributed by atoms with Gasteiger partial charge in [-0.15, -0.1) is 6.58 Å². The van der Waals surface area contributed by atoms with Crippen LogP contribution in [0, 0.1) is 11.8 Å². The van der Waals surface area contributed by atoms with E-state index in [1.807, 2.05) is 0 Å². The van der Waals surface area contributed by atoms with Crippen LogP contribution in [-0.4, -0.2) is 114 Å². The van der Waals surface area contributed by atoms with E-state index in [4.69, 9.17) is 39.5 Å². The molecule has 0 aromatic carbocycles. The predicted molar refractivity (Wildman–Crippen MR) is 171 cm³/mol. The second-order valence-corrected chi connectivity index (χ2v) is 16.4. The van der Waals surface area contributed by atoms with Crippen molar-refractivity contribution in [2.45, 2.75) is 75.2 Å². The summed E-state index contributed by atoms with van der Waals surface area (Å²) in [6, 6.07) is 0. The van der Waals surface area contributed by atoms with Gasteiger partial charge in [-0.1, -0.05) is 18.3 Å². The zero-order valence-corrected chi connectivity index (χ0v) is 30.0. The van der Waals surface area contributed by atoms with Crippen LogP contribution >= 0.6 is 26.9 Å². The molecule has 0 amide bonds. The Morgan fingerprint density at radius 2 is 1.88 bits per heavy atom. The van der Waals surface area contributed by atoms with Crippen LogP contribution in [0.25, 0.3) is 11.2 Å². The number of hydrogen-bond donors (Lipinski definition) is 6. The maximum absolute atomic E-state index is 15.5. The van der Waals surface area contributed by atoms with Gasteiger partial charge in [0.1, 0.15) is 60.5 Å². The van der Waals surface area contributed by atoms with E-state index in [0.29, 0.717) is 0 Å². The lowest BCUT2D eigenvalue weighted by Gasteiger charge is -2.51. The molecule has 3 fully saturated rings.